The van der Waals surface area contributed by atoms with Crippen molar-refractivity contribution in [3.05, 3.63) is 23.4 Å². The van der Waals surface area contributed by atoms with Crippen molar-refractivity contribution in [3.8, 4) is 0 Å². The van der Waals surface area contributed by atoms with E-state index in [2.05, 4.69) is 28.6 Å². The van der Waals surface area contributed by atoms with E-state index in [9.17, 15) is 4.79 Å². The molecule has 0 unspecified atom stereocenters. The Kier molecular flexibility index (Phi) is 4.53. The van der Waals surface area contributed by atoms with E-state index in [1.807, 2.05) is 13.0 Å². The highest BCUT2D eigenvalue weighted by Crippen LogP contribution is 2.19. The molecule has 1 saturated heterocycles. The zero-order valence-electron chi connectivity index (χ0n) is 12.1. The summed E-state index contributed by atoms with van der Waals surface area (Å²) in [6.07, 6.45) is 2.51. The molecule has 0 aromatic carbocycles. The van der Waals surface area contributed by atoms with Crippen LogP contribution in [0.4, 0.5) is 5.82 Å². The van der Waals surface area contributed by atoms with Gasteiger partial charge in [0.05, 0.1) is 0 Å². The Morgan fingerprint density at radius 2 is 2.00 bits per heavy atom. The molecule has 19 heavy (non-hydrogen) atoms. The fourth-order valence-electron chi connectivity index (χ4n) is 2.64. The van der Waals surface area contributed by atoms with Gasteiger partial charge in [0.1, 0.15) is 5.82 Å². The Morgan fingerprint density at radius 1 is 1.32 bits per heavy atom. The lowest BCUT2D eigenvalue weighted by atomic mass is 10.1. The summed E-state index contributed by atoms with van der Waals surface area (Å²) < 4.78 is 0. The molecule has 2 heterocycles. The van der Waals surface area contributed by atoms with Crippen molar-refractivity contribution >= 4 is 12.1 Å². The summed E-state index contributed by atoms with van der Waals surface area (Å²) >= 11 is 0. The third kappa shape index (κ3) is 3.53. The Hall–Kier alpha value is -1.42. The molecule has 104 valence electrons. The van der Waals surface area contributed by atoms with Gasteiger partial charge in [-0.3, -0.25) is 9.69 Å². The van der Waals surface area contributed by atoms with Crippen molar-refractivity contribution in [1.82, 2.24) is 9.88 Å². The summed E-state index contributed by atoms with van der Waals surface area (Å²) in [6.45, 7) is 11.9. The van der Waals surface area contributed by atoms with Gasteiger partial charge in [-0.25, -0.2) is 4.98 Å². The number of nitrogens with zero attached hydrogens (tertiary/aromatic N) is 3. The molecule has 0 bridgehead atoms. The van der Waals surface area contributed by atoms with E-state index in [4.69, 9.17) is 0 Å². The molecule has 2 rings (SSSR count). The maximum absolute atomic E-state index is 10.7. The van der Waals surface area contributed by atoms with Crippen LogP contribution in [-0.2, 0) is 0 Å². The zero-order valence-corrected chi connectivity index (χ0v) is 12.1. The fourth-order valence-corrected chi connectivity index (χ4v) is 2.64. The molecule has 1 aliphatic rings. The van der Waals surface area contributed by atoms with Gasteiger partial charge in [-0.15, -0.1) is 0 Å². The van der Waals surface area contributed by atoms with Gasteiger partial charge in [-0.2, -0.15) is 0 Å². The van der Waals surface area contributed by atoms with Crippen LogP contribution in [0, 0.1) is 12.8 Å². The molecule has 1 aromatic heterocycles. The summed E-state index contributed by atoms with van der Waals surface area (Å²) in [5.74, 6) is 1.74. The average molecular weight is 261 g/mol. The summed E-state index contributed by atoms with van der Waals surface area (Å²) in [4.78, 5) is 20.0. The van der Waals surface area contributed by atoms with Crippen molar-refractivity contribution in [1.29, 1.82) is 0 Å². The fraction of sp³-hybridized carbons (Fsp3) is 0.600. The highest BCUT2D eigenvalue weighted by Gasteiger charge is 2.19. The predicted octanol–water partition coefficient (Wildman–Crippen LogP) is 1.98. The first-order chi connectivity index (χ1) is 9.10. The normalized spacial score (nSPS) is 16.9. The molecule has 4 heteroatoms. The third-order valence-corrected chi connectivity index (χ3v) is 3.50. The van der Waals surface area contributed by atoms with Crippen LogP contribution >= 0.6 is 0 Å². The zero-order chi connectivity index (χ0) is 13.8. The smallest absolute Gasteiger partial charge is 0.151 e. The highest BCUT2D eigenvalue weighted by molar-refractivity contribution is 5.75. The molecular formula is C15H23N3O. The molecule has 0 amide bonds. The quantitative estimate of drug-likeness (QED) is 0.777. The number of carbonyl (C=O) groups is 1. The average Bonchev–Trinajstić information content (AvgIpc) is 2.39. The van der Waals surface area contributed by atoms with Crippen molar-refractivity contribution < 1.29 is 4.79 Å². The summed E-state index contributed by atoms with van der Waals surface area (Å²) in [7, 11) is 0. The van der Waals surface area contributed by atoms with Gasteiger partial charge in [0, 0.05) is 44.5 Å². The molecule has 0 spiro atoms. The van der Waals surface area contributed by atoms with E-state index in [1.54, 1.807) is 6.20 Å². The molecule has 0 radical (unpaired) electrons. The molecule has 1 fully saturated rings. The summed E-state index contributed by atoms with van der Waals surface area (Å²) in [5, 5.41) is 0. The van der Waals surface area contributed by atoms with E-state index in [1.165, 1.54) is 6.54 Å². The molecule has 1 aromatic rings. The number of aromatic nitrogens is 1. The molecule has 0 atom stereocenters. The van der Waals surface area contributed by atoms with E-state index in [-0.39, 0.29) is 0 Å². The van der Waals surface area contributed by atoms with Gasteiger partial charge in [0.2, 0.25) is 0 Å². The van der Waals surface area contributed by atoms with Crippen molar-refractivity contribution in [2.45, 2.75) is 20.8 Å². The van der Waals surface area contributed by atoms with Crippen molar-refractivity contribution in [2.24, 2.45) is 5.92 Å². The SMILES string of the molecule is Cc1cc(C=O)cnc1N1CCN(CC(C)C)CC1. The van der Waals surface area contributed by atoms with Crippen LogP contribution in [-0.4, -0.2) is 48.9 Å². The predicted molar refractivity (Wildman–Crippen MR) is 77.9 cm³/mol. The Bertz CT molecular complexity index is 437. The summed E-state index contributed by atoms with van der Waals surface area (Å²) in [5.41, 5.74) is 1.74. The largest absolute Gasteiger partial charge is 0.354 e. The number of carbonyl (C=O) groups excluding carboxylic acids is 1. The highest BCUT2D eigenvalue weighted by atomic mass is 16.1. The second kappa shape index (κ2) is 6.15. The molecule has 0 saturated carbocycles. The lowest BCUT2D eigenvalue weighted by Crippen LogP contribution is -2.47. The monoisotopic (exact) mass is 261 g/mol. The van der Waals surface area contributed by atoms with Crippen LogP contribution < -0.4 is 4.90 Å². The van der Waals surface area contributed by atoms with Gasteiger partial charge >= 0.3 is 0 Å². The number of hydrogen-bond acceptors (Lipinski definition) is 4. The minimum atomic E-state index is 0.652. The number of piperazine rings is 1. The Morgan fingerprint density at radius 3 is 2.53 bits per heavy atom. The first-order valence-corrected chi connectivity index (χ1v) is 6.99. The first kappa shape index (κ1) is 14.0. The molecule has 1 aliphatic heterocycles. The number of aldehydes is 1. The number of aryl methyl sites for hydroxylation is 1. The number of hydrogen-bond donors (Lipinski definition) is 0. The standard InChI is InChI=1S/C15H23N3O/c1-12(2)10-17-4-6-18(7-5-17)15-13(3)8-14(11-19)9-16-15/h8-9,11-12H,4-7,10H2,1-3H3. The minimum absolute atomic E-state index is 0.652. The molecule has 4 nitrogen and oxygen atoms in total. The Labute approximate surface area is 115 Å². The second-order valence-electron chi connectivity index (χ2n) is 5.71. The van der Waals surface area contributed by atoms with E-state index in [0.717, 1.165) is 49.8 Å². The van der Waals surface area contributed by atoms with Gasteiger partial charge in [-0.05, 0) is 24.5 Å². The molecular weight excluding hydrogens is 238 g/mol. The maximum Gasteiger partial charge on any atom is 0.151 e. The summed E-state index contributed by atoms with van der Waals surface area (Å²) in [6, 6.07) is 1.91. The minimum Gasteiger partial charge on any atom is -0.354 e. The number of pyridine rings is 1. The van der Waals surface area contributed by atoms with E-state index in [0.29, 0.717) is 5.56 Å². The third-order valence-electron chi connectivity index (χ3n) is 3.50. The second-order valence-corrected chi connectivity index (χ2v) is 5.71. The van der Waals surface area contributed by atoms with Gasteiger partial charge in [0.25, 0.3) is 0 Å². The van der Waals surface area contributed by atoms with Crippen LogP contribution in [0.15, 0.2) is 12.3 Å². The van der Waals surface area contributed by atoms with Gasteiger partial charge in [0.15, 0.2) is 6.29 Å². The van der Waals surface area contributed by atoms with Crippen molar-refractivity contribution in [2.75, 3.05) is 37.6 Å². The number of rotatable bonds is 4. The van der Waals surface area contributed by atoms with Crippen LogP contribution in [0.2, 0.25) is 0 Å². The van der Waals surface area contributed by atoms with E-state index < -0.39 is 0 Å². The van der Waals surface area contributed by atoms with E-state index >= 15 is 0 Å². The maximum atomic E-state index is 10.7. The first-order valence-electron chi connectivity index (χ1n) is 6.99. The van der Waals surface area contributed by atoms with Crippen LogP contribution in [0.3, 0.4) is 0 Å². The van der Waals surface area contributed by atoms with Gasteiger partial charge in [-0.1, -0.05) is 13.8 Å². The van der Waals surface area contributed by atoms with Crippen LogP contribution in [0.1, 0.15) is 29.8 Å². The lowest BCUT2D eigenvalue weighted by molar-refractivity contribution is 0.112. The number of anilines is 1. The topological polar surface area (TPSA) is 36.4 Å². The van der Waals surface area contributed by atoms with Gasteiger partial charge < -0.3 is 4.90 Å². The van der Waals surface area contributed by atoms with Crippen molar-refractivity contribution in [3.63, 3.8) is 0 Å². The molecule has 0 aliphatic carbocycles. The Balaban J connectivity index is 1.99. The van der Waals surface area contributed by atoms with Crippen LogP contribution in [0.25, 0.3) is 0 Å². The molecule has 0 N–H and O–H groups in total. The van der Waals surface area contributed by atoms with Crippen LogP contribution in [0.5, 0.6) is 0 Å². The lowest BCUT2D eigenvalue weighted by Gasteiger charge is -2.36.